The largest absolute Gasteiger partial charge is 0.507 e. The highest BCUT2D eigenvalue weighted by molar-refractivity contribution is 6.16. The van der Waals surface area contributed by atoms with E-state index in [0.717, 1.165) is 0 Å². The van der Waals surface area contributed by atoms with Gasteiger partial charge in [0.25, 0.3) is 5.91 Å². The van der Waals surface area contributed by atoms with Gasteiger partial charge in [0.15, 0.2) is 22.4 Å². The third kappa shape index (κ3) is 9.55. The van der Waals surface area contributed by atoms with Crippen LogP contribution in [0.2, 0.25) is 0 Å². The Morgan fingerprint density at radius 2 is 1.74 bits per heavy atom. The quantitative estimate of drug-likeness (QED) is 0.0929. The van der Waals surface area contributed by atoms with E-state index < -0.39 is 87.9 Å². The molecule has 65 heavy (non-hydrogen) atoms. The molecule has 0 unspecified atom stereocenters. The summed E-state index contributed by atoms with van der Waals surface area (Å²) >= 11 is 0. The smallest absolute Gasteiger partial charge is 0.307 e. The Kier molecular flexibility index (Phi) is 14.3. The van der Waals surface area contributed by atoms with E-state index in [1.807, 2.05) is 20.9 Å². The van der Waals surface area contributed by atoms with Crippen LogP contribution < -0.4 is 30.9 Å². The molecule has 0 saturated heterocycles. The summed E-state index contributed by atoms with van der Waals surface area (Å²) in [6.07, 6.45) is 3.44. The van der Waals surface area contributed by atoms with Crippen molar-refractivity contribution in [1.82, 2.24) is 9.88 Å². The first kappa shape index (κ1) is 48.4. The molecule has 0 aliphatic carbocycles. The van der Waals surface area contributed by atoms with E-state index in [0.29, 0.717) is 6.54 Å². The number of esters is 1. The van der Waals surface area contributed by atoms with E-state index in [-0.39, 0.29) is 79.9 Å². The van der Waals surface area contributed by atoms with Gasteiger partial charge in [-0.3, -0.25) is 19.2 Å². The lowest BCUT2D eigenvalue weighted by atomic mass is 9.83. The van der Waals surface area contributed by atoms with Crippen molar-refractivity contribution in [3.8, 4) is 17.2 Å². The molecule has 350 valence electrons. The lowest BCUT2D eigenvalue weighted by Crippen LogP contribution is -2.43. The lowest BCUT2D eigenvalue weighted by Gasteiger charge is -2.35. The minimum atomic E-state index is -1.99. The van der Waals surface area contributed by atoms with Crippen LogP contribution in [0.15, 0.2) is 62.3 Å². The molecule has 5 N–H and O–H groups in total. The lowest BCUT2D eigenvalue weighted by molar-refractivity contribution is -0.158. The van der Waals surface area contributed by atoms with Gasteiger partial charge in [-0.2, -0.15) is 0 Å². The fraction of sp³-hybridized carbons (Fsp3) is 0.479. The van der Waals surface area contributed by atoms with E-state index in [1.165, 1.54) is 65.4 Å². The molecule has 1 aromatic heterocycles. The van der Waals surface area contributed by atoms with Crippen LogP contribution in [-0.2, 0) is 23.8 Å². The van der Waals surface area contributed by atoms with E-state index in [2.05, 4.69) is 10.2 Å². The van der Waals surface area contributed by atoms with Crippen molar-refractivity contribution in [3.63, 3.8) is 0 Å². The van der Waals surface area contributed by atoms with Crippen LogP contribution in [0, 0.1) is 24.7 Å². The second-order valence-electron chi connectivity index (χ2n) is 17.5. The normalized spacial score (nSPS) is 27.4. The Bertz CT molecular complexity index is 2780. The fourth-order valence-electron chi connectivity index (χ4n) is 8.07. The second kappa shape index (κ2) is 19.2. The zero-order valence-electron chi connectivity index (χ0n) is 38.5. The topological polar surface area (TPSA) is 237 Å². The van der Waals surface area contributed by atoms with Crippen molar-refractivity contribution in [2.24, 2.45) is 17.8 Å². The van der Waals surface area contributed by atoms with Gasteiger partial charge in [0.2, 0.25) is 10.9 Å². The molecule has 2 aliphatic heterocycles. The summed E-state index contributed by atoms with van der Waals surface area (Å²) < 4.78 is 36.1. The molecule has 2 aliphatic rings. The van der Waals surface area contributed by atoms with Crippen LogP contribution in [0.4, 0.5) is 5.69 Å². The van der Waals surface area contributed by atoms with Crippen molar-refractivity contribution >= 4 is 56.3 Å². The number of aliphatic hydroxyl groups excluding tert-OH is 3. The van der Waals surface area contributed by atoms with Crippen LogP contribution in [0.1, 0.15) is 67.4 Å². The predicted octanol–water partition coefficient (Wildman–Crippen LogP) is 5.03. The van der Waals surface area contributed by atoms with E-state index in [9.17, 15) is 39.6 Å². The fourth-order valence-corrected chi connectivity index (χ4v) is 8.07. The standard InChI is InChI=1S/C48H59N3O14/c1-22(2)51(10)16-18-61-29-19-32(55)38-34(20-29)64-45-39(49-38)35-36-41(56)27(7)44-37(35)46(58)48(9,65-44)62-17-15-33(60-11)26(6)43(63-28(8)52)25(5)31(54)21-30(53)23(3)13-12-14-24(4)47(59)50-40(45)42(36)57/h12-15,17,19-20,22-23,25-26,30-31,33,43,53-54,56,58H,16,18,21H2,1-11H3,(H,50,59)/b13-12+,17-15+,24-14-/t23-,25+,26+,30+,31+,33-,43-,48-/m0/s1. The number of nitrogens with one attached hydrogen (secondary N) is 1. The van der Waals surface area contributed by atoms with Gasteiger partial charge in [0, 0.05) is 86.4 Å². The molecule has 17 heteroatoms. The number of methoxy groups -OCH3 is 1. The molecule has 4 bridgehead atoms. The number of amides is 1. The number of aromatic hydroxyl groups is 1. The summed E-state index contributed by atoms with van der Waals surface area (Å²) in [4.78, 5) is 61.5. The number of carbonyl (C=O) groups excluding carboxylic acids is 2. The van der Waals surface area contributed by atoms with Gasteiger partial charge in [-0.25, -0.2) is 4.98 Å². The Morgan fingerprint density at radius 3 is 2.40 bits per heavy atom. The Hall–Kier alpha value is -6.01. The maximum Gasteiger partial charge on any atom is 0.307 e. The van der Waals surface area contributed by atoms with Gasteiger partial charge in [0.05, 0.1) is 35.2 Å². The molecule has 0 fully saturated rings. The Morgan fingerprint density at radius 1 is 1.03 bits per heavy atom. The zero-order chi connectivity index (χ0) is 47.8. The Labute approximate surface area is 375 Å². The number of nitrogens with zero attached hydrogens (tertiary/aromatic N) is 2. The SMILES string of the molecule is CO[C@H]1/C=C/O[C@@]2(C)Oc3c(C)c(O)c4c(=O)c(c5oc6cc(OCCN(C)C(C)C)cc(=O)c6nc5c4c3=C2O)NC(=O)/C(C)=C\C=C\[C@H](C)[C@H](O)C[C@@H](O)[C@@H](C)[C@H](OC(C)=O)[C@@H]1C. The zero-order valence-corrected chi connectivity index (χ0v) is 38.5. The van der Waals surface area contributed by atoms with Crippen LogP contribution in [0.25, 0.3) is 38.7 Å². The van der Waals surface area contributed by atoms with Crippen LogP contribution in [0.5, 0.6) is 17.2 Å². The van der Waals surface area contributed by atoms with E-state index in [4.69, 9.17) is 33.1 Å². The third-order valence-corrected chi connectivity index (χ3v) is 12.5. The molecule has 0 saturated carbocycles. The summed E-state index contributed by atoms with van der Waals surface area (Å²) in [5, 5.41) is 48.4. The van der Waals surface area contributed by atoms with Gasteiger partial charge in [0.1, 0.15) is 41.2 Å². The number of aromatic nitrogens is 1. The van der Waals surface area contributed by atoms with E-state index >= 15 is 0 Å². The highest BCUT2D eigenvalue weighted by Gasteiger charge is 2.44. The first-order chi connectivity index (χ1) is 30.6. The van der Waals surface area contributed by atoms with Crippen molar-refractivity contribution in [1.29, 1.82) is 0 Å². The number of ether oxygens (including phenoxy) is 5. The monoisotopic (exact) mass is 901 g/mol. The van der Waals surface area contributed by atoms with Crippen LogP contribution in [-0.4, -0.2) is 106 Å². The number of allylic oxidation sites excluding steroid dienone is 2. The number of anilines is 1. The predicted molar refractivity (Wildman–Crippen MR) is 244 cm³/mol. The van der Waals surface area contributed by atoms with Gasteiger partial charge < -0.3 is 58.7 Å². The number of benzene rings is 3. The molecule has 8 atom stereocenters. The average molecular weight is 902 g/mol. The highest BCUT2D eigenvalue weighted by Crippen LogP contribution is 2.42. The number of hydrogen-bond donors (Lipinski definition) is 5. The number of aliphatic hydroxyl groups is 3. The molecule has 6 rings (SSSR count). The highest BCUT2D eigenvalue weighted by atomic mass is 16.7. The van der Waals surface area contributed by atoms with Gasteiger partial charge in [-0.15, -0.1) is 0 Å². The van der Waals surface area contributed by atoms with Gasteiger partial charge in [-0.05, 0) is 40.8 Å². The van der Waals surface area contributed by atoms with Crippen molar-refractivity contribution in [2.75, 3.05) is 32.6 Å². The minimum absolute atomic E-state index is 0.0411. The number of phenolic OH excluding ortho intramolecular Hbond substituents is 1. The molecule has 0 radical (unpaired) electrons. The molecule has 3 aromatic carbocycles. The number of likely N-dealkylation sites (N-methyl/N-ethyl adjacent to an activating group) is 1. The van der Waals surface area contributed by atoms with Crippen molar-refractivity contribution in [3.05, 3.63) is 79.5 Å². The maximum atomic E-state index is 14.7. The molecule has 3 heterocycles. The van der Waals surface area contributed by atoms with Gasteiger partial charge in [-0.1, -0.05) is 39.0 Å². The second-order valence-corrected chi connectivity index (χ2v) is 17.5. The molecule has 1 amide bonds. The summed E-state index contributed by atoms with van der Waals surface area (Å²) in [5.74, 6) is -6.08. The molecule has 0 spiro atoms. The number of rotatable bonds is 7. The maximum absolute atomic E-state index is 14.7. The van der Waals surface area contributed by atoms with Gasteiger partial charge >= 0.3 is 11.8 Å². The molecule has 4 aromatic rings. The van der Waals surface area contributed by atoms with Crippen molar-refractivity contribution in [2.45, 2.75) is 105 Å². The first-order valence-corrected chi connectivity index (χ1v) is 21.6. The number of hydrogen-bond acceptors (Lipinski definition) is 16. The van der Waals surface area contributed by atoms with Crippen LogP contribution in [0.3, 0.4) is 0 Å². The minimum Gasteiger partial charge on any atom is -0.507 e. The van der Waals surface area contributed by atoms with E-state index in [1.54, 1.807) is 32.9 Å². The molecular weight excluding hydrogens is 843 g/mol. The summed E-state index contributed by atoms with van der Waals surface area (Å²) in [6, 6.07) is 2.96. The third-order valence-electron chi connectivity index (χ3n) is 12.5. The number of fused-ring (bicyclic) bond motifs is 2. The number of phenols is 1. The van der Waals surface area contributed by atoms with Crippen molar-refractivity contribution < 1.29 is 58.1 Å². The first-order valence-electron chi connectivity index (χ1n) is 21.6. The summed E-state index contributed by atoms with van der Waals surface area (Å²) in [5.41, 5.74) is -2.44. The number of carbonyl (C=O) groups is 2. The molecule has 17 nitrogen and oxygen atoms in total. The van der Waals surface area contributed by atoms with Crippen LogP contribution >= 0.6 is 0 Å². The molecular formula is C48H59N3O14. The Balaban J connectivity index is 1.61. The summed E-state index contributed by atoms with van der Waals surface area (Å²) in [7, 11) is 3.37. The average Bonchev–Trinajstić information content (AvgIpc) is 3.51. The summed E-state index contributed by atoms with van der Waals surface area (Å²) in [6.45, 7) is 15.7.